The van der Waals surface area contributed by atoms with Crippen LogP contribution in [0.2, 0.25) is 5.02 Å². The summed E-state index contributed by atoms with van der Waals surface area (Å²) in [6, 6.07) is 11.8. The molecule has 0 amide bonds. The Labute approximate surface area is 128 Å². The Hall–Kier alpha value is -1.65. The topological polar surface area (TPSA) is 29.3 Å². The van der Waals surface area contributed by atoms with Gasteiger partial charge in [-0.05, 0) is 49.4 Å². The van der Waals surface area contributed by atoms with Crippen molar-refractivity contribution in [1.82, 2.24) is 0 Å². The molecule has 0 aliphatic rings. The largest absolute Gasteiger partial charge is 0.389 e. The first kappa shape index (κ1) is 14.8. The van der Waals surface area contributed by atoms with Crippen molar-refractivity contribution >= 4 is 40.2 Å². The van der Waals surface area contributed by atoms with Crippen molar-refractivity contribution in [3.05, 3.63) is 58.9 Å². The molecule has 0 fully saturated rings. The van der Waals surface area contributed by atoms with E-state index in [0.717, 1.165) is 17.9 Å². The van der Waals surface area contributed by atoms with Gasteiger partial charge in [-0.2, -0.15) is 0 Å². The van der Waals surface area contributed by atoms with E-state index in [-0.39, 0.29) is 10.8 Å². The number of halogens is 2. The Morgan fingerprint density at radius 1 is 1.20 bits per heavy atom. The molecule has 0 saturated heterocycles. The lowest BCUT2D eigenvalue weighted by Gasteiger charge is -2.24. The molecular weight excluding hydrogens is 295 g/mol. The average Bonchev–Trinajstić information content (AvgIpc) is 2.41. The number of nitrogens with zero attached hydrogens (tertiary/aromatic N) is 1. The highest BCUT2D eigenvalue weighted by Crippen LogP contribution is 2.29. The normalized spacial score (nSPS) is 10.3. The second kappa shape index (κ2) is 6.20. The minimum Gasteiger partial charge on any atom is -0.389 e. The molecule has 0 spiro atoms. The second-order valence-corrected chi connectivity index (χ2v) is 5.10. The van der Waals surface area contributed by atoms with Crippen LogP contribution in [0.1, 0.15) is 12.5 Å². The van der Waals surface area contributed by atoms with Gasteiger partial charge in [-0.3, -0.25) is 0 Å². The maximum absolute atomic E-state index is 13.0. The molecule has 2 aromatic rings. The summed E-state index contributed by atoms with van der Waals surface area (Å²) >= 11 is 11.1. The van der Waals surface area contributed by atoms with Gasteiger partial charge in [-0.15, -0.1) is 0 Å². The Morgan fingerprint density at radius 2 is 1.80 bits per heavy atom. The van der Waals surface area contributed by atoms with Crippen LogP contribution >= 0.6 is 23.8 Å². The summed E-state index contributed by atoms with van der Waals surface area (Å²) in [7, 11) is 0. The lowest BCUT2D eigenvalue weighted by Crippen LogP contribution is -2.17. The molecule has 0 atom stereocenters. The highest BCUT2D eigenvalue weighted by Gasteiger charge is 2.10. The third-order valence-corrected chi connectivity index (χ3v) is 3.52. The van der Waals surface area contributed by atoms with Crippen LogP contribution in [0.4, 0.5) is 15.8 Å². The number of hydrogen-bond acceptors (Lipinski definition) is 2. The number of anilines is 2. The maximum Gasteiger partial charge on any atom is 0.123 e. The standard InChI is InChI=1S/C15H14ClFN2S/c1-2-19(11-5-3-10(17)4-6-11)12-7-8-13(15(18)20)14(16)9-12/h3-9H,2H2,1H3,(H2,18,20). The van der Waals surface area contributed by atoms with Crippen LogP contribution < -0.4 is 10.6 Å². The van der Waals surface area contributed by atoms with Crippen LogP contribution in [0, 0.1) is 5.82 Å². The molecule has 0 aliphatic carbocycles. The van der Waals surface area contributed by atoms with Crippen LogP contribution in [0.25, 0.3) is 0 Å². The van der Waals surface area contributed by atoms with Gasteiger partial charge in [0.15, 0.2) is 0 Å². The number of hydrogen-bond donors (Lipinski definition) is 1. The Bertz CT molecular complexity index is 628. The lowest BCUT2D eigenvalue weighted by molar-refractivity contribution is 0.628. The van der Waals surface area contributed by atoms with Crippen LogP contribution in [0.3, 0.4) is 0 Å². The fraction of sp³-hybridized carbons (Fsp3) is 0.133. The minimum absolute atomic E-state index is 0.258. The zero-order valence-electron chi connectivity index (χ0n) is 10.9. The number of thiocarbonyl (C=S) groups is 1. The van der Waals surface area contributed by atoms with Crippen LogP contribution in [-0.4, -0.2) is 11.5 Å². The van der Waals surface area contributed by atoms with E-state index in [9.17, 15) is 4.39 Å². The lowest BCUT2D eigenvalue weighted by atomic mass is 10.1. The number of nitrogens with two attached hydrogens (primary N) is 1. The summed E-state index contributed by atoms with van der Waals surface area (Å²) in [5.74, 6) is -0.258. The van der Waals surface area contributed by atoms with Gasteiger partial charge >= 0.3 is 0 Å². The highest BCUT2D eigenvalue weighted by molar-refractivity contribution is 7.80. The zero-order valence-corrected chi connectivity index (χ0v) is 12.5. The third-order valence-electron chi connectivity index (χ3n) is 2.98. The molecule has 0 aliphatic heterocycles. The molecule has 2 nitrogen and oxygen atoms in total. The van der Waals surface area contributed by atoms with Gasteiger partial charge in [0, 0.05) is 23.5 Å². The summed E-state index contributed by atoms with van der Waals surface area (Å²) in [6.45, 7) is 2.74. The third kappa shape index (κ3) is 3.08. The van der Waals surface area contributed by atoms with Gasteiger partial charge in [-0.1, -0.05) is 23.8 Å². The van der Waals surface area contributed by atoms with E-state index in [4.69, 9.17) is 29.6 Å². The van der Waals surface area contributed by atoms with Gasteiger partial charge < -0.3 is 10.6 Å². The van der Waals surface area contributed by atoms with Crippen LogP contribution in [-0.2, 0) is 0 Å². The van der Waals surface area contributed by atoms with E-state index in [1.807, 2.05) is 24.0 Å². The first-order chi connectivity index (χ1) is 9.52. The Kier molecular flexibility index (Phi) is 4.57. The molecule has 0 unspecified atom stereocenters. The van der Waals surface area contributed by atoms with Gasteiger partial charge in [0.2, 0.25) is 0 Å². The number of rotatable bonds is 4. The molecule has 5 heteroatoms. The molecular formula is C15H14ClFN2S. The SMILES string of the molecule is CCN(c1ccc(F)cc1)c1ccc(C(N)=S)c(Cl)c1. The summed E-state index contributed by atoms with van der Waals surface area (Å²) in [4.78, 5) is 2.29. The van der Waals surface area contributed by atoms with Gasteiger partial charge in [-0.25, -0.2) is 4.39 Å². The van der Waals surface area contributed by atoms with E-state index >= 15 is 0 Å². The predicted molar refractivity (Wildman–Crippen MR) is 86.4 cm³/mol. The van der Waals surface area contributed by atoms with Crippen molar-refractivity contribution in [2.45, 2.75) is 6.92 Å². The van der Waals surface area contributed by atoms with Gasteiger partial charge in [0.25, 0.3) is 0 Å². The van der Waals surface area contributed by atoms with Crippen LogP contribution in [0.5, 0.6) is 0 Å². The van der Waals surface area contributed by atoms with E-state index < -0.39 is 0 Å². The van der Waals surface area contributed by atoms with Gasteiger partial charge in [0.05, 0.1) is 5.02 Å². The van der Waals surface area contributed by atoms with Crippen molar-refractivity contribution in [3.8, 4) is 0 Å². The summed E-state index contributed by atoms with van der Waals surface area (Å²) in [5, 5.41) is 0.510. The summed E-state index contributed by atoms with van der Waals surface area (Å²) in [5.41, 5.74) is 8.05. The van der Waals surface area contributed by atoms with E-state index in [0.29, 0.717) is 10.6 Å². The molecule has 0 saturated carbocycles. The molecule has 0 radical (unpaired) electrons. The fourth-order valence-corrected chi connectivity index (χ4v) is 2.52. The molecule has 2 N–H and O–H groups in total. The zero-order chi connectivity index (χ0) is 14.7. The molecule has 0 bridgehead atoms. The molecule has 2 rings (SSSR count). The average molecular weight is 309 g/mol. The van der Waals surface area contributed by atoms with Crippen molar-refractivity contribution in [3.63, 3.8) is 0 Å². The first-order valence-corrected chi connectivity index (χ1v) is 6.94. The monoisotopic (exact) mass is 308 g/mol. The fourth-order valence-electron chi connectivity index (χ4n) is 2.01. The smallest absolute Gasteiger partial charge is 0.123 e. The highest BCUT2D eigenvalue weighted by atomic mass is 35.5. The second-order valence-electron chi connectivity index (χ2n) is 4.25. The maximum atomic E-state index is 13.0. The Morgan fingerprint density at radius 3 is 2.30 bits per heavy atom. The Balaban J connectivity index is 2.39. The quantitative estimate of drug-likeness (QED) is 0.855. The predicted octanol–water partition coefficient (Wildman–Crippen LogP) is 4.27. The van der Waals surface area contributed by atoms with Crippen molar-refractivity contribution in [2.24, 2.45) is 5.73 Å². The summed E-state index contributed by atoms with van der Waals surface area (Å²) < 4.78 is 13.0. The van der Waals surface area contributed by atoms with Crippen molar-refractivity contribution in [1.29, 1.82) is 0 Å². The van der Waals surface area contributed by atoms with E-state index in [1.165, 1.54) is 12.1 Å². The molecule has 104 valence electrons. The molecule has 0 aromatic heterocycles. The van der Waals surface area contributed by atoms with E-state index in [2.05, 4.69) is 0 Å². The van der Waals surface area contributed by atoms with E-state index in [1.54, 1.807) is 18.2 Å². The van der Waals surface area contributed by atoms with Crippen molar-refractivity contribution in [2.75, 3.05) is 11.4 Å². The van der Waals surface area contributed by atoms with Crippen LogP contribution in [0.15, 0.2) is 42.5 Å². The molecule has 2 aromatic carbocycles. The molecule has 0 heterocycles. The molecule has 20 heavy (non-hydrogen) atoms. The van der Waals surface area contributed by atoms with Crippen molar-refractivity contribution < 1.29 is 4.39 Å². The number of benzene rings is 2. The summed E-state index contributed by atoms with van der Waals surface area (Å²) in [6.07, 6.45) is 0. The first-order valence-electron chi connectivity index (χ1n) is 6.15. The van der Waals surface area contributed by atoms with Gasteiger partial charge in [0.1, 0.15) is 10.8 Å². The minimum atomic E-state index is -0.258.